The van der Waals surface area contributed by atoms with Crippen LogP contribution in [0.2, 0.25) is 0 Å². The summed E-state index contributed by atoms with van der Waals surface area (Å²) in [6.07, 6.45) is 2.38. The Morgan fingerprint density at radius 3 is 2.86 bits per heavy atom. The summed E-state index contributed by atoms with van der Waals surface area (Å²) < 4.78 is 0. The van der Waals surface area contributed by atoms with E-state index in [1.165, 1.54) is 19.8 Å². The standard InChI is InChI=1S/C11H14N2O/c1-7(14)9-3-2-4-10(13-9)11(12)8-5-6-8/h2-4,8,11H,5-6,12H2,1H3. The molecule has 0 amide bonds. The minimum atomic E-state index is -0.00477. The van der Waals surface area contributed by atoms with E-state index in [1.807, 2.05) is 12.1 Å². The highest BCUT2D eigenvalue weighted by molar-refractivity contribution is 5.92. The molecule has 0 saturated heterocycles. The summed E-state index contributed by atoms with van der Waals surface area (Å²) >= 11 is 0. The Bertz CT molecular complexity index is 358. The van der Waals surface area contributed by atoms with Crippen molar-refractivity contribution in [3.8, 4) is 0 Å². The van der Waals surface area contributed by atoms with Crippen molar-refractivity contribution in [2.75, 3.05) is 0 Å². The number of rotatable bonds is 3. The first-order chi connectivity index (χ1) is 6.68. The summed E-state index contributed by atoms with van der Waals surface area (Å²) in [7, 11) is 0. The second-order valence-electron chi connectivity index (χ2n) is 3.87. The number of ketones is 1. The van der Waals surface area contributed by atoms with E-state index in [4.69, 9.17) is 5.73 Å². The number of hydrogen-bond donors (Lipinski definition) is 1. The monoisotopic (exact) mass is 190 g/mol. The fourth-order valence-corrected chi connectivity index (χ4v) is 1.53. The molecule has 1 saturated carbocycles. The SMILES string of the molecule is CC(=O)c1cccc(C(N)C2CC2)n1. The van der Waals surface area contributed by atoms with Gasteiger partial charge in [0, 0.05) is 13.0 Å². The van der Waals surface area contributed by atoms with Crippen molar-refractivity contribution in [3.05, 3.63) is 29.6 Å². The molecule has 2 rings (SSSR count). The number of nitrogens with two attached hydrogens (primary N) is 1. The summed E-state index contributed by atoms with van der Waals surface area (Å²) in [5.74, 6) is 0.569. The van der Waals surface area contributed by atoms with Crippen molar-refractivity contribution in [2.45, 2.75) is 25.8 Å². The van der Waals surface area contributed by atoms with Crippen molar-refractivity contribution in [1.29, 1.82) is 0 Å². The third-order valence-electron chi connectivity index (χ3n) is 2.60. The van der Waals surface area contributed by atoms with E-state index in [-0.39, 0.29) is 11.8 Å². The lowest BCUT2D eigenvalue weighted by molar-refractivity contribution is 0.101. The molecule has 14 heavy (non-hydrogen) atoms. The zero-order valence-electron chi connectivity index (χ0n) is 8.23. The van der Waals surface area contributed by atoms with E-state index in [9.17, 15) is 4.79 Å². The van der Waals surface area contributed by atoms with Crippen LogP contribution in [0.3, 0.4) is 0 Å². The topological polar surface area (TPSA) is 56.0 Å². The molecular weight excluding hydrogens is 176 g/mol. The van der Waals surface area contributed by atoms with Crippen molar-refractivity contribution in [3.63, 3.8) is 0 Å². The molecule has 0 aromatic carbocycles. The molecule has 1 fully saturated rings. The number of carbonyl (C=O) groups is 1. The first-order valence-electron chi connectivity index (χ1n) is 4.92. The molecule has 0 spiro atoms. The molecule has 3 heteroatoms. The molecule has 74 valence electrons. The second kappa shape index (κ2) is 3.50. The largest absolute Gasteiger partial charge is 0.322 e. The molecular formula is C11H14N2O. The van der Waals surface area contributed by atoms with Crippen molar-refractivity contribution >= 4 is 5.78 Å². The van der Waals surface area contributed by atoms with Gasteiger partial charge in [-0.3, -0.25) is 4.79 Å². The molecule has 1 unspecified atom stereocenters. The molecule has 1 aliphatic rings. The number of aromatic nitrogens is 1. The predicted octanol–water partition coefficient (Wildman–Crippen LogP) is 1.69. The summed E-state index contributed by atoms with van der Waals surface area (Å²) in [4.78, 5) is 15.4. The molecule has 0 aliphatic heterocycles. The quantitative estimate of drug-likeness (QED) is 0.738. The smallest absolute Gasteiger partial charge is 0.178 e. The Morgan fingerprint density at radius 1 is 1.57 bits per heavy atom. The van der Waals surface area contributed by atoms with Gasteiger partial charge in [-0.25, -0.2) is 4.98 Å². The number of carbonyl (C=O) groups excluding carboxylic acids is 1. The summed E-state index contributed by atoms with van der Waals surface area (Å²) in [6.45, 7) is 1.52. The lowest BCUT2D eigenvalue weighted by Crippen LogP contribution is -2.15. The fraction of sp³-hybridized carbons (Fsp3) is 0.455. The van der Waals surface area contributed by atoms with Gasteiger partial charge >= 0.3 is 0 Å². The van der Waals surface area contributed by atoms with Crippen LogP contribution >= 0.6 is 0 Å². The Hall–Kier alpha value is -1.22. The van der Waals surface area contributed by atoms with Crippen LogP contribution in [0.1, 0.15) is 42.0 Å². The summed E-state index contributed by atoms with van der Waals surface area (Å²) in [6, 6.07) is 5.48. The minimum absolute atomic E-state index is 0.00477. The molecule has 0 bridgehead atoms. The van der Waals surface area contributed by atoms with Crippen molar-refractivity contribution in [2.24, 2.45) is 11.7 Å². The number of hydrogen-bond acceptors (Lipinski definition) is 3. The second-order valence-corrected chi connectivity index (χ2v) is 3.87. The highest BCUT2D eigenvalue weighted by Crippen LogP contribution is 2.38. The molecule has 1 aliphatic carbocycles. The third kappa shape index (κ3) is 1.82. The number of nitrogens with zero attached hydrogens (tertiary/aromatic N) is 1. The molecule has 1 atom stereocenters. The molecule has 1 aromatic heterocycles. The van der Waals surface area contributed by atoms with E-state index in [0.717, 1.165) is 5.69 Å². The molecule has 3 nitrogen and oxygen atoms in total. The van der Waals surface area contributed by atoms with E-state index >= 15 is 0 Å². The average molecular weight is 190 g/mol. The van der Waals surface area contributed by atoms with Crippen LogP contribution < -0.4 is 5.73 Å². The lowest BCUT2D eigenvalue weighted by Gasteiger charge is -2.09. The van der Waals surface area contributed by atoms with E-state index in [1.54, 1.807) is 6.07 Å². The first-order valence-corrected chi connectivity index (χ1v) is 4.92. The van der Waals surface area contributed by atoms with Gasteiger partial charge in [-0.1, -0.05) is 6.07 Å². The van der Waals surface area contributed by atoms with Gasteiger partial charge in [0.2, 0.25) is 0 Å². The van der Waals surface area contributed by atoms with E-state index < -0.39 is 0 Å². The van der Waals surface area contributed by atoms with Crippen LogP contribution in [-0.2, 0) is 0 Å². The zero-order chi connectivity index (χ0) is 10.1. The van der Waals surface area contributed by atoms with Crippen molar-refractivity contribution in [1.82, 2.24) is 4.98 Å². The van der Waals surface area contributed by atoms with Crippen molar-refractivity contribution < 1.29 is 4.79 Å². The van der Waals surface area contributed by atoms with Gasteiger partial charge < -0.3 is 5.73 Å². The van der Waals surface area contributed by atoms with Crippen LogP contribution in [-0.4, -0.2) is 10.8 Å². The van der Waals surface area contributed by atoms with Crippen LogP contribution in [0.25, 0.3) is 0 Å². The summed E-state index contributed by atoms with van der Waals surface area (Å²) in [5, 5.41) is 0. The highest BCUT2D eigenvalue weighted by atomic mass is 16.1. The van der Waals surface area contributed by atoms with Gasteiger partial charge in [0.15, 0.2) is 5.78 Å². The van der Waals surface area contributed by atoms with Crippen LogP contribution in [0.4, 0.5) is 0 Å². The highest BCUT2D eigenvalue weighted by Gasteiger charge is 2.30. The van der Waals surface area contributed by atoms with E-state index in [0.29, 0.717) is 11.6 Å². The molecule has 1 heterocycles. The normalized spacial score (nSPS) is 17.9. The average Bonchev–Trinajstić information content (AvgIpc) is 3.00. The van der Waals surface area contributed by atoms with Gasteiger partial charge in [-0.15, -0.1) is 0 Å². The van der Waals surface area contributed by atoms with Gasteiger partial charge in [0.25, 0.3) is 0 Å². The predicted molar refractivity (Wildman–Crippen MR) is 53.9 cm³/mol. The minimum Gasteiger partial charge on any atom is -0.322 e. The molecule has 2 N–H and O–H groups in total. The van der Waals surface area contributed by atoms with Crippen LogP contribution in [0.5, 0.6) is 0 Å². The third-order valence-corrected chi connectivity index (χ3v) is 2.60. The number of pyridine rings is 1. The Balaban J connectivity index is 2.24. The maximum Gasteiger partial charge on any atom is 0.178 e. The lowest BCUT2D eigenvalue weighted by atomic mass is 10.1. The summed E-state index contributed by atoms with van der Waals surface area (Å²) in [5.41, 5.74) is 7.36. The Morgan fingerprint density at radius 2 is 2.29 bits per heavy atom. The van der Waals surface area contributed by atoms with E-state index in [2.05, 4.69) is 4.98 Å². The Kier molecular flexibility index (Phi) is 2.33. The number of Topliss-reactive ketones (excluding diaryl/α,β-unsaturated/α-hetero) is 1. The van der Waals surface area contributed by atoms with Gasteiger partial charge in [0.05, 0.1) is 5.69 Å². The molecule has 1 aromatic rings. The maximum absolute atomic E-state index is 11.1. The van der Waals surface area contributed by atoms with Gasteiger partial charge in [-0.05, 0) is 30.9 Å². The maximum atomic E-state index is 11.1. The van der Waals surface area contributed by atoms with Crippen LogP contribution in [0.15, 0.2) is 18.2 Å². The zero-order valence-corrected chi connectivity index (χ0v) is 8.23. The van der Waals surface area contributed by atoms with Gasteiger partial charge in [0.1, 0.15) is 5.69 Å². The Labute approximate surface area is 83.3 Å². The van der Waals surface area contributed by atoms with Crippen LogP contribution in [0, 0.1) is 5.92 Å². The van der Waals surface area contributed by atoms with Gasteiger partial charge in [-0.2, -0.15) is 0 Å². The fourth-order valence-electron chi connectivity index (χ4n) is 1.53. The first kappa shape index (κ1) is 9.34. The molecule has 0 radical (unpaired) electrons.